The fourth-order valence-electron chi connectivity index (χ4n) is 4.12. The summed E-state index contributed by atoms with van der Waals surface area (Å²) in [4.78, 5) is 28.1. The molecule has 0 amide bonds. The molecule has 2 aliphatic carbocycles. The molecule has 224 valence electrons. The standard InChI is InChI=1S/C14H18N6O.C8H11N3O3S.H2O4S/c15-14-18-12(17-9-2-3-9)11-13(19-14)20(7-16-11)10-4-1-8(5-10)6-21;9-5-1-2-11(8(13)10-5)6-4-15-7(3-12)14-6;1-5(2,3)4/h1,4,7-10,21H,2-3,5-6H2,(H3,15,17,18,19);1-2,6-7,12H,3-4H2,(H2,9,10,13);(H2,1,2,3,4)/t8-,10-;6-,7+;/m00./s1. The number of hydrogen-bond donors (Lipinski definition) is 7. The van der Waals surface area contributed by atoms with Crippen molar-refractivity contribution in [2.45, 2.75) is 43.0 Å². The van der Waals surface area contributed by atoms with Gasteiger partial charge in [-0.3, -0.25) is 13.7 Å². The summed E-state index contributed by atoms with van der Waals surface area (Å²) in [7, 11) is -4.67. The highest BCUT2D eigenvalue weighted by atomic mass is 32.3. The monoisotopic (exact) mass is 613 g/mol. The average molecular weight is 614 g/mol. The van der Waals surface area contributed by atoms with Crippen LogP contribution in [-0.4, -0.2) is 87.3 Å². The lowest BCUT2D eigenvalue weighted by Crippen LogP contribution is -2.28. The number of nitrogens with one attached hydrogen (secondary N) is 1. The minimum Gasteiger partial charge on any atom is -0.396 e. The number of rotatable bonds is 6. The van der Waals surface area contributed by atoms with Gasteiger partial charge in [-0.05, 0) is 25.3 Å². The van der Waals surface area contributed by atoms with E-state index in [-0.39, 0.29) is 48.6 Å². The average Bonchev–Trinajstić information content (AvgIpc) is 3.27. The summed E-state index contributed by atoms with van der Waals surface area (Å²) in [5, 5.41) is 21.5. The molecule has 0 spiro atoms. The second-order valence-corrected chi connectivity index (χ2v) is 11.4. The number of imidazole rings is 1. The van der Waals surface area contributed by atoms with Crippen molar-refractivity contribution in [2.24, 2.45) is 5.92 Å². The third kappa shape index (κ3) is 8.58. The first-order chi connectivity index (χ1) is 19.4. The predicted molar refractivity (Wildman–Crippen MR) is 150 cm³/mol. The highest BCUT2D eigenvalue weighted by Gasteiger charge is 2.28. The maximum Gasteiger partial charge on any atom is 0.394 e. The largest absolute Gasteiger partial charge is 0.396 e. The first-order valence-electron chi connectivity index (χ1n) is 12.4. The van der Waals surface area contributed by atoms with E-state index in [1.165, 1.54) is 16.3 Å². The molecule has 9 N–H and O–H groups in total. The highest BCUT2D eigenvalue weighted by molar-refractivity contribution is 8.00. The molecule has 19 heteroatoms. The summed E-state index contributed by atoms with van der Waals surface area (Å²) >= 11 is 1.47. The zero-order chi connectivity index (χ0) is 29.7. The number of allylic oxidation sites excluding steroid dienone is 1. The number of nitrogens with two attached hydrogens (primary N) is 2. The van der Waals surface area contributed by atoms with Crippen molar-refractivity contribution < 1.29 is 32.5 Å². The van der Waals surface area contributed by atoms with Gasteiger partial charge < -0.3 is 36.3 Å². The topological polar surface area (TPSA) is 267 Å². The SMILES string of the molecule is Nc1ccn([C@@H]2CS[C@H](CO)O2)c(=O)n1.Nc1nc(NC2CC2)c2ncn([C@H]3C=C[C@H](CO)C3)c2n1.O=S(=O)(O)O. The lowest BCUT2D eigenvalue weighted by Gasteiger charge is -2.13. The van der Waals surface area contributed by atoms with Crippen LogP contribution in [0.25, 0.3) is 11.2 Å². The number of aliphatic hydroxyl groups excluding tert-OH is 2. The Labute approximate surface area is 238 Å². The molecule has 3 aliphatic rings. The molecule has 3 aromatic heterocycles. The Hall–Kier alpha value is -3.33. The summed E-state index contributed by atoms with van der Waals surface area (Å²) in [5.41, 5.74) is 12.0. The second kappa shape index (κ2) is 13.1. The van der Waals surface area contributed by atoms with E-state index in [0.29, 0.717) is 11.8 Å². The van der Waals surface area contributed by atoms with E-state index in [4.69, 9.17) is 38.8 Å². The van der Waals surface area contributed by atoms with Crippen LogP contribution < -0.4 is 22.5 Å². The van der Waals surface area contributed by atoms with E-state index < -0.39 is 16.1 Å². The van der Waals surface area contributed by atoms with E-state index in [2.05, 4.69) is 31.3 Å². The Balaban J connectivity index is 0.000000170. The predicted octanol–water partition coefficient (Wildman–Crippen LogP) is -0.155. The van der Waals surface area contributed by atoms with Crippen molar-refractivity contribution in [1.82, 2.24) is 29.1 Å². The van der Waals surface area contributed by atoms with E-state index >= 15 is 0 Å². The number of anilines is 3. The normalized spacial score (nSPS) is 23.5. The number of fused-ring (bicyclic) bond motifs is 1. The van der Waals surface area contributed by atoms with Crippen molar-refractivity contribution in [3.63, 3.8) is 0 Å². The van der Waals surface area contributed by atoms with Gasteiger partial charge in [-0.1, -0.05) is 12.2 Å². The van der Waals surface area contributed by atoms with Crippen LogP contribution in [0.1, 0.15) is 31.5 Å². The van der Waals surface area contributed by atoms with Crippen LogP contribution in [0.15, 0.2) is 35.5 Å². The molecule has 0 aromatic carbocycles. The van der Waals surface area contributed by atoms with Gasteiger partial charge in [0.25, 0.3) is 0 Å². The maximum absolute atomic E-state index is 11.4. The van der Waals surface area contributed by atoms with Crippen molar-refractivity contribution in [1.29, 1.82) is 0 Å². The molecule has 0 radical (unpaired) electrons. The highest BCUT2D eigenvalue weighted by Crippen LogP contribution is 2.33. The van der Waals surface area contributed by atoms with Gasteiger partial charge in [0.05, 0.1) is 19.0 Å². The minimum absolute atomic E-state index is 0.0572. The van der Waals surface area contributed by atoms with Crippen molar-refractivity contribution in [3.05, 3.63) is 41.2 Å². The number of hydrogen-bond acceptors (Lipinski definition) is 14. The molecule has 1 saturated heterocycles. The summed E-state index contributed by atoms with van der Waals surface area (Å²) in [6, 6.07) is 2.19. The fourth-order valence-corrected chi connectivity index (χ4v) is 5.05. The van der Waals surface area contributed by atoms with E-state index in [1.807, 2.05) is 10.6 Å². The Kier molecular flexibility index (Phi) is 9.79. The van der Waals surface area contributed by atoms with Crippen LogP contribution in [0.3, 0.4) is 0 Å². The Bertz CT molecular complexity index is 1540. The smallest absolute Gasteiger partial charge is 0.394 e. The number of ether oxygens (including phenoxy) is 1. The molecule has 0 bridgehead atoms. The van der Waals surface area contributed by atoms with Crippen LogP contribution in [-0.2, 0) is 15.1 Å². The lowest BCUT2D eigenvalue weighted by atomic mass is 10.1. The molecule has 0 unspecified atom stereocenters. The molecule has 1 aliphatic heterocycles. The van der Waals surface area contributed by atoms with Gasteiger partial charge in [-0.25, -0.2) is 9.78 Å². The van der Waals surface area contributed by atoms with Gasteiger partial charge >= 0.3 is 16.1 Å². The molecule has 4 atom stereocenters. The van der Waals surface area contributed by atoms with Crippen LogP contribution in [0.2, 0.25) is 0 Å². The number of aliphatic hydroxyl groups is 2. The van der Waals surface area contributed by atoms with Crippen molar-refractivity contribution >= 4 is 50.9 Å². The molecule has 1 saturated carbocycles. The van der Waals surface area contributed by atoms with Crippen LogP contribution >= 0.6 is 11.8 Å². The van der Waals surface area contributed by atoms with Crippen LogP contribution in [0.5, 0.6) is 0 Å². The second-order valence-electron chi connectivity index (χ2n) is 9.33. The van der Waals surface area contributed by atoms with Crippen LogP contribution in [0.4, 0.5) is 17.6 Å². The minimum atomic E-state index is -4.67. The molecule has 3 aromatic rings. The zero-order valence-corrected chi connectivity index (χ0v) is 23.2. The van der Waals surface area contributed by atoms with Gasteiger partial charge in [0.15, 0.2) is 17.0 Å². The quantitative estimate of drug-likeness (QED) is 0.141. The van der Waals surface area contributed by atoms with Gasteiger partial charge in [0.1, 0.15) is 17.5 Å². The van der Waals surface area contributed by atoms with Crippen molar-refractivity contribution in [2.75, 3.05) is 35.8 Å². The fraction of sp³-hybridized carbons (Fsp3) is 0.500. The van der Waals surface area contributed by atoms with Gasteiger partial charge in [0, 0.05) is 30.5 Å². The Morgan fingerprint density at radius 3 is 2.41 bits per heavy atom. The van der Waals surface area contributed by atoms with Gasteiger partial charge in [-0.15, -0.1) is 11.8 Å². The third-order valence-electron chi connectivity index (χ3n) is 6.14. The first kappa shape index (κ1) is 30.6. The maximum atomic E-state index is 11.4. The molecule has 17 nitrogen and oxygen atoms in total. The van der Waals surface area contributed by atoms with E-state index in [9.17, 15) is 9.90 Å². The first-order valence-corrected chi connectivity index (χ1v) is 14.9. The zero-order valence-electron chi connectivity index (χ0n) is 21.6. The van der Waals surface area contributed by atoms with Gasteiger partial charge in [-0.2, -0.15) is 23.4 Å². The van der Waals surface area contributed by atoms with E-state index in [1.54, 1.807) is 18.6 Å². The molecule has 41 heavy (non-hydrogen) atoms. The Morgan fingerprint density at radius 1 is 1.10 bits per heavy atom. The van der Waals surface area contributed by atoms with Crippen LogP contribution in [0, 0.1) is 5.92 Å². The number of aromatic nitrogens is 6. The molecule has 6 rings (SSSR count). The summed E-state index contributed by atoms with van der Waals surface area (Å²) < 4.78 is 40.4. The third-order valence-corrected chi connectivity index (χ3v) is 7.25. The van der Waals surface area contributed by atoms with E-state index in [0.717, 1.165) is 36.2 Å². The summed E-state index contributed by atoms with van der Waals surface area (Å²) in [6.45, 7) is 0.115. The number of nitrogen functional groups attached to an aromatic ring is 2. The molecular weight excluding hydrogens is 582 g/mol. The number of nitrogens with zero attached hydrogens (tertiary/aromatic N) is 6. The summed E-state index contributed by atoms with van der Waals surface area (Å²) in [5.74, 6) is 2.00. The molecule has 2 fully saturated rings. The number of thioether (sulfide) groups is 1. The summed E-state index contributed by atoms with van der Waals surface area (Å²) in [6.07, 6.45) is 10.3. The van der Waals surface area contributed by atoms with Crippen molar-refractivity contribution in [3.8, 4) is 0 Å². The molecule has 4 heterocycles. The lowest BCUT2D eigenvalue weighted by molar-refractivity contribution is -0.00629. The van der Waals surface area contributed by atoms with Gasteiger partial charge in [0.2, 0.25) is 5.95 Å². The Morgan fingerprint density at radius 2 is 1.83 bits per heavy atom. The molecular formula is C22H31N9O8S2.